The summed E-state index contributed by atoms with van der Waals surface area (Å²) in [6.45, 7) is 5.42. The maximum Gasteiger partial charge on any atom is 0.264 e. The number of hydrogen-bond acceptors (Lipinski definition) is 3. The van der Waals surface area contributed by atoms with Crippen LogP contribution in [0.1, 0.15) is 20.8 Å². The molecule has 0 spiro atoms. The van der Waals surface area contributed by atoms with Crippen LogP contribution < -0.4 is 0 Å². The van der Waals surface area contributed by atoms with Crippen molar-refractivity contribution in [3.8, 4) is 0 Å². The lowest BCUT2D eigenvalue weighted by Crippen LogP contribution is -2.36. The van der Waals surface area contributed by atoms with Crippen molar-refractivity contribution in [1.29, 1.82) is 0 Å². The lowest BCUT2D eigenvalue weighted by atomic mass is 9.90. The summed E-state index contributed by atoms with van der Waals surface area (Å²) in [6.07, 6.45) is 0.243. The van der Waals surface area contributed by atoms with Gasteiger partial charge in [-0.15, -0.1) is 23.2 Å². The molecule has 0 aromatic carbocycles. The zero-order chi connectivity index (χ0) is 10.9. The molecule has 0 aliphatic heterocycles. The van der Waals surface area contributed by atoms with E-state index in [1.165, 1.54) is 0 Å². The summed E-state index contributed by atoms with van der Waals surface area (Å²) in [5.41, 5.74) is -0.419. The van der Waals surface area contributed by atoms with Crippen molar-refractivity contribution in [1.82, 2.24) is 0 Å². The van der Waals surface area contributed by atoms with Crippen molar-refractivity contribution in [3.63, 3.8) is 0 Å². The van der Waals surface area contributed by atoms with Gasteiger partial charge in [-0.25, -0.2) is 0 Å². The van der Waals surface area contributed by atoms with Gasteiger partial charge in [-0.3, -0.25) is 4.18 Å². The molecule has 0 aromatic heterocycles. The minimum absolute atomic E-state index is 0.419. The van der Waals surface area contributed by atoms with Crippen LogP contribution in [0.2, 0.25) is 0 Å². The van der Waals surface area contributed by atoms with E-state index in [2.05, 4.69) is 0 Å². The monoisotopic (exact) mass is 248 g/mol. The Hall–Kier alpha value is 0.490. The lowest BCUT2D eigenvalue weighted by molar-refractivity contribution is 0.106. The minimum Gasteiger partial charge on any atom is -0.264 e. The van der Waals surface area contributed by atoms with Gasteiger partial charge in [0.15, 0.2) is 0 Å². The summed E-state index contributed by atoms with van der Waals surface area (Å²) in [6, 6.07) is 0. The molecule has 0 aliphatic rings. The van der Waals surface area contributed by atoms with E-state index in [0.29, 0.717) is 0 Å². The largest absolute Gasteiger partial charge is 0.264 e. The fourth-order valence-corrected chi connectivity index (χ4v) is 2.51. The molecule has 1 atom stereocenters. The Kier molecular flexibility index (Phi) is 4.50. The Balaban J connectivity index is 4.66. The second-order valence-electron chi connectivity index (χ2n) is 3.92. The predicted octanol–water partition coefficient (Wildman–Crippen LogP) is 2.18. The highest BCUT2D eigenvalue weighted by atomic mass is 35.5. The quantitative estimate of drug-likeness (QED) is 0.568. The molecule has 80 valence electrons. The molecule has 0 saturated heterocycles. The maximum atomic E-state index is 10.9. The van der Waals surface area contributed by atoms with E-state index in [1.54, 1.807) is 20.8 Å². The molecule has 6 heteroatoms. The first-order chi connectivity index (χ1) is 5.54. The molecule has 0 heterocycles. The number of rotatable bonds is 3. The van der Waals surface area contributed by atoms with Gasteiger partial charge in [0.05, 0.1) is 6.26 Å². The second-order valence-corrected chi connectivity index (χ2v) is 6.69. The summed E-state index contributed by atoms with van der Waals surface area (Å²) in [7, 11) is -3.52. The van der Waals surface area contributed by atoms with Crippen LogP contribution in [-0.4, -0.2) is 25.6 Å². The molecule has 0 fully saturated rings. The molecule has 0 bridgehead atoms. The molecule has 13 heavy (non-hydrogen) atoms. The van der Waals surface area contributed by atoms with E-state index in [1.807, 2.05) is 0 Å². The molecule has 0 amide bonds. The fourth-order valence-electron chi connectivity index (χ4n) is 0.753. The summed E-state index contributed by atoms with van der Waals surface area (Å²) >= 11 is 11.2. The van der Waals surface area contributed by atoms with E-state index >= 15 is 0 Å². The number of hydrogen-bond donors (Lipinski definition) is 0. The van der Waals surface area contributed by atoms with E-state index < -0.39 is 26.5 Å². The smallest absolute Gasteiger partial charge is 0.264 e. The number of halogens is 2. The summed E-state index contributed by atoms with van der Waals surface area (Å²) in [5, 5.41) is 0. The molecule has 0 aromatic rings. The van der Waals surface area contributed by atoms with Crippen LogP contribution in [0.3, 0.4) is 0 Å². The standard InChI is InChI=1S/C7H14Cl2O3S/c1-7(2,3)5(6(8)9)12-13(4,10)11/h5-6H,1-4H3. The van der Waals surface area contributed by atoms with Crippen molar-refractivity contribution in [2.24, 2.45) is 5.41 Å². The fraction of sp³-hybridized carbons (Fsp3) is 1.00. The molecule has 3 nitrogen and oxygen atoms in total. The Morgan fingerprint density at radius 1 is 1.23 bits per heavy atom. The summed E-state index contributed by atoms with van der Waals surface area (Å²) < 4.78 is 26.5. The molecule has 0 N–H and O–H groups in total. The van der Waals surface area contributed by atoms with Crippen molar-refractivity contribution in [2.75, 3.05) is 6.26 Å². The van der Waals surface area contributed by atoms with E-state index in [0.717, 1.165) is 6.26 Å². The molecule has 1 unspecified atom stereocenters. The Labute approximate surface area is 89.5 Å². The van der Waals surface area contributed by atoms with Gasteiger partial charge in [0, 0.05) is 0 Å². The zero-order valence-electron chi connectivity index (χ0n) is 8.04. The van der Waals surface area contributed by atoms with Gasteiger partial charge in [-0.1, -0.05) is 20.8 Å². The third-order valence-electron chi connectivity index (χ3n) is 1.36. The Bertz CT molecular complexity index is 253. The molecule has 0 radical (unpaired) electrons. The van der Waals surface area contributed by atoms with Gasteiger partial charge >= 0.3 is 0 Å². The van der Waals surface area contributed by atoms with Crippen LogP contribution in [0.25, 0.3) is 0 Å². The highest BCUT2D eigenvalue weighted by molar-refractivity contribution is 7.86. The van der Waals surface area contributed by atoms with Crippen LogP contribution in [-0.2, 0) is 14.3 Å². The zero-order valence-corrected chi connectivity index (χ0v) is 10.4. The Morgan fingerprint density at radius 2 is 1.62 bits per heavy atom. The van der Waals surface area contributed by atoms with Gasteiger partial charge in [0.2, 0.25) is 0 Å². The van der Waals surface area contributed by atoms with Gasteiger partial charge in [0.25, 0.3) is 10.1 Å². The summed E-state index contributed by atoms with van der Waals surface area (Å²) in [5.74, 6) is 0. The molecular weight excluding hydrogens is 235 g/mol. The molecule has 0 aliphatic carbocycles. The lowest BCUT2D eigenvalue weighted by Gasteiger charge is -2.30. The van der Waals surface area contributed by atoms with E-state index in [9.17, 15) is 8.42 Å². The normalized spacial score (nSPS) is 16.2. The van der Waals surface area contributed by atoms with Crippen LogP contribution in [0.4, 0.5) is 0 Å². The van der Waals surface area contributed by atoms with Gasteiger partial charge in [0.1, 0.15) is 10.9 Å². The average Bonchev–Trinajstić information content (AvgIpc) is 1.77. The van der Waals surface area contributed by atoms with Crippen LogP contribution in [0.15, 0.2) is 0 Å². The highest BCUT2D eigenvalue weighted by Gasteiger charge is 2.34. The minimum atomic E-state index is -3.52. The third-order valence-corrected chi connectivity index (χ3v) is 2.38. The summed E-state index contributed by atoms with van der Waals surface area (Å²) in [4.78, 5) is -0.866. The van der Waals surface area contributed by atoms with Crippen LogP contribution in [0.5, 0.6) is 0 Å². The van der Waals surface area contributed by atoms with Gasteiger partial charge in [-0.05, 0) is 5.41 Å². The predicted molar refractivity (Wildman–Crippen MR) is 54.7 cm³/mol. The third kappa shape index (κ3) is 5.73. The molecule has 0 saturated carbocycles. The first kappa shape index (κ1) is 13.5. The highest BCUT2D eigenvalue weighted by Crippen LogP contribution is 2.30. The topological polar surface area (TPSA) is 43.4 Å². The SMILES string of the molecule is CC(C)(C)C(OS(C)(=O)=O)C(Cl)Cl. The van der Waals surface area contributed by atoms with E-state index in [-0.39, 0.29) is 0 Å². The second kappa shape index (κ2) is 4.34. The van der Waals surface area contributed by atoms with Crippen molar-refractivity contribution in [2.45, 2.75) is 31.7 Å². The molecular formula is C7H14Cl2O3S. The maximum absolute atomic E-state index is 10.9. The van der Waals surface area contributed by atoms with Crippen LogP contribution in [0, 0.1) is 5.41 Å². The molecule has 0 rings (SSSR count). The number of alkyl halides is 2. The first-order valence-corrected chi connectivity index (χ1v) is 6.39. The first-order valence-electron chi connectivity index (χ1n) is 3.70. The van der Waals surface area contributed by atoms with Crippen LogP contribution >= 0.6 is 23.2 Å². The van der Waals surface area contributed by atoms with Crippen molar-refractivity contribution >= 4 is 33.3 Å². The Morgan fingerprint density at radius 3 is 1.69 bits per heavy atom. The average molecular weight is 249 g/mol. The van der Waals surface area contributed by atoms with Gasteiger partial charge in [-0.2, -0.15) is 8.42 Å². The van der Waals surface area contributed by atoms with Crippen molar-refractivity contribution in [3.05, 3.63) is 0 Å². The van der Waals surface area contributed by atoms with E-state index in [4.69, 9.17) is 27.4 Å². The van der Waals surface area contributed by atoms with Crippen molar-refractivity contribution < 1.29 is 12.6 Å². The van der Waals surface area contributed by atoms with Gasteiger partial charge < -0.3 is 0 Å².